The number of sulfonamides is 1. The Hall–Kier alpha value is -3.63. The second kappa shape index (κ2) is 10.3. The predicted octanol–water partition coefficient (Wildman–Crippen LogP) is 2.91. The average Bonchev–Trinajstić information content (AvgIpc) is 3.32. The van der Waals surface area contributed by atoms with E-state index in [1.54, 1.807) is 16.1 Å². The lowest BCUT2D eigenvalue weighted by Crippen LogP contribution is -2.44. The lowest BCUT2D eigenvalue weighted by molar-refractivity contribution is -0.131. The number of ether oxygens (including phenoxy) is 1. The molecule has 1 amide bonds. The Morgan fingerprint density at radius 1 is 1.05 bits per heavy atom. The third-order valence-electron chi connectivity index (χ3n) is 7.48. The van der Waals surface area contributed by atoms with E-state index < -0.39 is 10.0 Å². The highest BCUT2D eigenvalue weighted by Crippen LogP contribution is 2.44. The molecule has 38 heavy (non-hydrogen) atoms. The Morgan fingerprint density at radius 2 is 1.79 bits per heavy atom. The third-order valence-corrected chi connectivity index (χ3v) is 9.26. The summed E-state index contributed by atoms with van der Waals surface area (Å²) in [5.74, 6) is 0.635. The maximum atomic E-state index is 13.3. The third kappa shape index (κ3) is 4.93. The van der Waals surface area contributed by atoms with Crippen LogP contribution in [0.1, 0.15) is 42.5 Å². The summed E-state index contributed by atoms with van der Waals surface area (Å²) in [7, 11) is -3.55. The van der Waals surface area contributed by atoms with E-state index in [1.165, 1.54) is 0 Å². The first-order valence-corrected chi connectivity index (χ1v) is 14.5. The number of anilines is 1. The number of carbonyl (C=O) groups excluding carboxylic acids is 1. The molecule has 3 aromatic rings. The number of nitrogens with two attached hydrogens (primary N) is 2. The van der Waals surface area contributed by atoms with Gasteiger partial charge in [0.15, 0.2) is 0 Å². The van der Waals surface area contributed by atoms with Gasteiger partial charge in [-0.25, -0.2) is 8.42 Å². The summed E-state index contributed by atoms with van der Waals surface area (Å²) in [6.07, 6.45) is 1.95. The number of amidine groups is 1. The fourth-order valence-corrected chi connectivity index (χ4v) is 6.73. The van der Waals surface area contributed by atoms with Gasteiger partial charge in [-0.1, -0.05) is 24.3 Å². The largest absolute Gasteiger partial charge is 0.490 e. The number of hydrogen-bond acceptors (Lipinski definition) is 6. The van der Waals surface area contributed by atoms with Crippen molar-refractivity contribution in [3.63, 3.8) is 0 Å². The molecule has 1 atom stereocenters. The van der Waals surface area contributed by atoms with E-state index in [1.807, 2.05) is 54.6 Å². The molecule has 5 N–H and O–H groups in total. The molecule has 0 aliphatic carbocycles. The molecule has 1 unspecified atom stereocenters. The van der Waals surface area contributed by atoms with Gasteiger partial charge in [0, 0.05) is 37.9 Å². The van der Waals surface area contributed by atoms with Crippen molar-refractivity contribution in [2.24, 2.45) is 11.5 Å². The van der Waals surface area contributed by atoms with E-state index in [9.17, 15) is 13.2 Å². The Morgan fingerprint density at radius 3 is 2.47 bits per heavy atom. The maximum Gasteiger partial charge on any atom is 0.236 e. The second-order valence-corrected chi connectivity index (χ2v) is 12.0. The Labute approximate surface area is 222 Å². The fraction of sp³-hybridized carbons (Fsp3) is 0.357. The Kier molecular flexibility index (Phi) is 7.02. The molecule has 0 saturated carbocycles. The van der Waals surface area contributed by atoms with Crippen LogP contribution in [-0.4, -0.2) is 56.6 Å². The molecule has 0 spiro atoms. The normalized spacial score (nSPS) is 18.0. The molecule has 1 saturated heterocycles. The van der Waals surface area contributed by atoms with Crippen molar-refractivity contribution in [3.05, 3.63) is 71.3 Å². The van der Waals surface area contributed by atoms with Crippen LogP contribution in [0.15, 0.2) is 54.6 Å². The number of nitrogen functional groups attached to an aromatic ring is 1. The minimum atomic E-state index is -3.55. The van der Waals surface area contributed by atoms with Crippen LogP contribution in [0.5, 0.6) is 5.75 Å². The number of rotatable bonds is 7. The molecule has 10 heteroatoms. The Bertz CT molecular complexity index is 1500. The quantitative estimate of drug-likeness (QED) is 0.314. The van der Waals surface area contributed by atoms with E-state index in [0.29, 0.717) is 36.5 Å². The number of nitrogens with zero attached hydrogens (tertiary/aromatic N) is 2. The zero-order chi connectivity index (χ0) is 27.0. The lowest BCUT2D eigenvalue weighted by atomic mass is 9.98. The van der Waals surface area contributed by atoms with E-state index in [-0.39, 0.29) is 36.2 Å². The molecule has 200 valence electrons. The molecular formula is C28H33N5O4S. The topological polar surface area (TPSA) is 143 Å². The van der Waals surface area contributed by atoms with E-state index in [2.05, 4.69) is 0 Å². The molecule has 0 aromatic heterocycles. The zero-order valence-electron chi connectivity index (χ0n) is 21.4. The van der Waals surface area contributed by atoms with Gasteiger partial charge < -0.3 is 21.1 Å². The van der Waals surface area contributed by atoms with Crippen LogP contribution in [-0.2, 0) is 21.2 Å². The molecular weight excluding hydrogens is 502 g/mol. The number of carbonyl (C=O) groups is 1. The molecule has 0 bridgehead atoms. The minimum absolute atomic E-state index is 0.00931. The molecule has 2 aliphatic heterocycles. The van der Waals surface area contributed by atoms with Crippen LogP contribution < -0.4 is 20.5 Å². The first-order chi connectivity index (χ1) is 18.2. The van der Waals surface area contributed by atoms with Crippen molar-refractivity contribution in [3.8, 4) is 5.75 Å². The highest BCUT2D eigenvalue weighted by atomic mass is 32.2. The van der Waals surface area contributed by atoms with Crippen molar-refractivity contribution >= 4 is 38.2 Å². The van der Waals surface area contributed by atoms with Crippen molar-refractivity contribution in [2.45, 2.75) is 38.3 Å². The summed E-state index contributed by atoms with van der Waals surface area (Å²) in [6, 6.07) is 16.7. The van der Waals surface area contributed by atoms with Gasteiger partial charge in [0.25, 0.3) is 0 Å². The van der Waals surface area contributed by atoms with Crippen LogP contribution >= 0.6 is 0 Å². The van der Waals surface area contributed by atoms with Gasteiger partial charge in [-0.3, -0.25) is 14.5 Å². The minimum Gasteiger partial charge on any atom is -0.490 e. The first kappa shape index (κ1) is 26.0. The molecule has 2 heterocycles. The number of benzene rings is 3. The molecule has 5 rings (SSSR count). The van der Waals surface area contributed by atoms with Gasteiger partial charge in [-0.15, -0.1) is 0 Å². The molecule has 3 aromatic carbocycles. The average molecular weight is 536 g/mol. The number of hydrogen-bond donors (Lipinski definition) is 3. The maximum absolute atomic E-state index is 13.3. The summed E-state index contributed by atoms with van der Waals surface area (Å²) in [6.45, 7) is 2.90. The summed E-state index contributed by atoms with van der Waals surface area (Å²) in [5.41, 5.74) is 14.3. The van der Waals surface area contributed by atoms with Crippen LogP contribution in [0.4, 0.5) is 5.69 Å². The van der Waals surface area contributed by atoms with Crippen molar-refractivity contribution in [1.82, 2.24) is 4.90 Å². The molecule has 0 radical (unpaired) electrons. The summed E-state index contributed by atoms with van der Waals surface area (Å²) >= 11 is 0. The summed E-state index contributed by atoms with van der Waals surface area (Å²) in [5, 5.41) is 9.66. The van der Waals surface area contributed by atoms with E-state index in [0.717, 1.165) is 34.7 Å². The van der Waals surface area contributed by atoms with E-state index >= 15 is 0 Å². The van der Waals surface area contributed by atoms with Crippen molar-refractivity contribution < 1.29 is 17.9 Å². The van der Waals surface area contributed by atoms with Crippen LogP contribution in [0.2, 0.25) is 0 Å². The molecule has 1 fully saturated rings. The van der Waals surface area contributed by atoms with Gasteiger partial charge in [0.2, 0.25) is 15.9 Å². The monoisotopic (exact) mass is 535 g/mol. The summed E-state index contributed by atoms with van der Waals surface area (Å²) in [4.78, 5) is 13.6. The van der Waals surface area contributed by atoms with Gasteiger partial charge in [-0.05, 0) is 59.2 Å². The second-order valence-electron chi connectivity index (χ2n) is 9.84. The van der Waals surface area contributed by atoms with Crippen molar-refractivity contribution in [2.75, 3.05) is 29.7 Å². The van der Waals surface area contributed by atoms with Crippen molar-refractivity contribution in [1.29, 1.82) is 5.41 Å². The van der Waals surface area contributed by atoms with Crippen LogP contribution in [0.25, 0.3) is 10.8 Å². The highest BCUT2D eigenvalue weighted by Gasteiger charge is 2.38. The predicted molar refractivity (Wildman–Crippen MR) is 149 cm³/mol. The van der Waals surface area contributed by atoms with Gasteiger partial charge in [-0.2, -0.15) is 0 Å². The molecule has 2 aliphatic rings. The van der Waals surface area contributed by atoms with Gasteiger partial charge in [0.1, 0.15) is 17.7 Å². The molecule has 9 nitrogen and oxygen atoms in total. The first-order valence-electron chi connectivity index (χ1n) is 12.9. The number of nitrogens with one attached hydrogen (secondary N) is 1. The number of likely N-dealkylation sites (tertiary alicyclic amines) is 1. The smallest absolute Gasteiger partial charge is 0.236 e. The number of fused-ring (bicyclic) bond motifs is 2. The summed E-state index contributed by atoms with van der Waals surface area (Å²) < 4.78 is 34.3. The fourth-order valence-electron chi connectivity index (χ4n) is 5.39. The van der Waals surface area contributed by atoms with E-state index in [4.69, 9.17) is 21.6 Å². The number of piperidine rings is 1. The standard InChI is InChI=1S/C28H33N5O4S/c1-2-38(35,36)33-25-8-7-24(37-23-9-11-32(12-10-23)27(34)17-29)15-22(25)16-26(33)19-5-3-18-4-6-20(28(30)31)14-21(18)13-19/h3-8,13-15,23,26H,2,9-12,16-17,29H2,1H3,(H3,30,31). The Balaban J connectivity index is 1.42. The SMILES string of the molecule is CCS(=O)(=O)N1c2ccc(OC3CCN(C(=O)CN)CC3)cc2CC1c1ccc2ccc(C(=N)N)cc2c1. The lowest BCUT2D eigenvalue weighted by Gasteiger charge is -2.32. The van der Waals surface area contributed by atoms with Crippen LogP contribution in [0.3, 0.4) is 0 Å². The number of amides is 1. The highest BCUT2D eigenvalue weighted by molar-refractivity contribution is 7.92. The zero-order valence-corrected chi connectivity index (χ0v) is 22.2. The van der Waals surface area contributed by atoms with Gasteiger partial charge >= 0.3 is 0 Å². The van der Waals surface area contributed by atoms with Crippen LogP contribution in [0, 0.1) is 5.41 Å². The van der Waals surface area contributed by atoms with Gasteiger partial charge in [0.05, 0.1) is 24.0 Å².